The maximum atomic E-state index is 11.0. The molecule has 0 aliphatic carbocycles. The molecule has 4 rings (SSSR count). The monoisotopic (exact) mass is 594 g/mol. The lowest BCUT2D eigenvalue weighted by atomic mass is 10.0. The maximum Gasteiger partial charge on any atom is 0.302 e. The zero-order valence-electron chi connectivity index (χ0n) is 18.3. The third-order valence-electron chi connectivity index (χ3n) is 4.95. The Kier molecular flexibility index (Phi) is 8.15. The van der Waals surface area contributed by atoms with E-state index >= 15 is 0 Å². The molecule has 0 fully saturated rings. The van der Waals surface area contributed by atoms with Crippen molar-refractivity contribution in [3.63, 3.8) is 0 Å². The SMILES string of the molecule is CC(=O)OCc1cc2c(cc1N)C(Br)=NC2.CC(=O)OCc1cc2c(cc1[N+](=O)[O-])C(Br)=NC2. The van der Waals surface area contributed by atoms with Crippen LogP contribution in [0.2, 0.25) is 0 Å². The zero-order valence-corrected chi connectivity index (χ0v) is 21.4. The van der Waals surface area contributed by atoms with Gasteiger partial charge >= 0.3 is 11.9 Å². The zero-order chi connectivity index (χ0) is 25.0. The van der Waals surface area contributed by atoms with Crippen LogP contribution in [-0.4, -0.2) is 26.1 Å². The fourth-order valence-electron chi connectivity index (χ4n) is 3.29. The number of esters is 2. The lowest BCUT2D eigenvalue weighted by Gasteiger charge is -2.08. The molecule has 2 N–H and O–H groups in total. The lowest BCUT2D eigenvalue weighted by Crippen LogP contribution is -2.04. The van der Waals surface area contributed by atoms with Crippen molar-refractivity contribution < 1.29 is 24.0 Å². The van der Waals surface area contributed by atoms with Crippen molar-refractivity contribution in [2.75, 3.05) is 5.73 Å². The van der Waals surface area contributed by atoms with E-state index in [1.807, 2.05) is 12.1 Å². The Morgan fingerprint density at radius 3 is 1.91 bits per heavy atom. The summed E-state index contributed by atoms with van der Waals surface area (Å²) in [5.74, 6) is -0.778. The third-order valence-corrected chi connectivity index (χ3v) is 6.30. The van der Waals surface area contributed by atoms with Gasteiger partial charge in [0.15, 0.2) is 0 Å². The lowest BCUT2D eigenvalue weighted by molar-refractivity contribution is -0.385. The van der Waals surface area contributed by atoms with Gasteiger partial charge < -0.3 is 15.2 Å². The highest BCUT2D eigenvalue weighted by molar-refractivity contribution is 9.18. The highest BCUT2D eigenvalue weighted by Crippen LogP contribution is 2.30. The Morgan fingerprint density at radius 1 is 0.941 bits per heavy atom. The number of fused-ring (bicyclic) bond motifs is 2. The average Bonchev–Trinajstić information content (AvgIpc) is 3.32. The van der Waals surface area contributed by atoms with Gasteiger partial charge in [-0.3, -0.25) is 29.7 Å². The molecular formula is C22H20Br2N4O6. The molecule has 2 heterocycles. The normalized spacial score (nSPS) is 13.1. The fraction of sp³-hybridized carbons (Fsp3) is 0.273. The van der Waals surface area contributed by atoms with Crippen LogP contribution in [0.1, 0.15) is 47.2 Å². The number of hydrogen-bond donors (Lipinski definition) is 1. The second kappa shape index (κ2) is 10.9. The molecule has 2 aliphatic rings. The molecule has 0 amide bonds. The van der Waals surface area contributed by atoms with E-state index in [9.17, 15) is 19.7 Å². The van der Waals surface area contributed by atoms with E-state index in [0.717, 1.165) is 26.9 Å². The summed E-state index contributed by atoms with van der Waals surface area (Å²) in [7, 11) is 0. The molecule has 34 heavy (non-hydrogen) atoms. The smallest absolute Gasteiger partial charge is 0.302 e. The molecule has 10 nitrogen and oxygen atoms in total. The number of nitro benzene ring substituents is 1. The summed E-state index contributed by atoms with van der Waals surface area (Å²) in [6, 6.07) is 6.91. The van der Waals surface area contributed by atoms with Gasteiger partial charge in [-0.25, -0.2) is 0 Å². The molecule has 0 saturated heterocycles. The predicted octanol–water partition coefficient (Wildman–Crippen LogP) is 4.30. The highest BCUT2D eigenvalue weighted by atomic mass is 79.9. The van der Waals surface area contributed by atoms with Crippen LogP contribution >= 0.6 is 31.9 Å². The number of hydrogen-bond acceptors (Lipinski definition) is 9. The fourth-order valence-corrected chi connectivity index (χ4v) is 4.28. The van der Waals surface area contributed by atoms with Crippen molar-refractivity contribution in [3.8, 4) is 0 Å². The van der Waals surface area contributed by atoms with Crippen molar-refractivity contribution in [2.24, 2.45) is 9.98 Å². The molecular weight excluding hydrogens is 576 g/mol. The van der Waals surface area contributed by atoms with Crippen LogP contribution in [-0.2, 0) is 45.4 Å². The van der Waals surface area contributed by atoms with E-state index in [0.29, 0.717) is 34.5 Å². The number of ether oxygens (including phenoxy) is 2. The molecule has 0 saturated carbocycles. The van der Waals surface area contributed by atoms with Crippen molar-refractivity contribution in [1.82, 2.24) is 0 Å². The number of nitrogens with zero attached hydrogens (tertiary/aromatic N) is 3. The van der Waals surface area contributed by atoms with Gasteiger partial charge in [-0.15, -0.1) is 0 Å². The van der Waals surface area contributed by atoms with Gasteiger partial charge in [0.2, 0.25) is 0 Å². The van der Waals surface area contributed by atoms with Gasteiger partial charge in [-0.2, -0.15) is 0 Å². The molecule has 0 radical (unpaired) electrons. The average molecular weight is 596 g/mol. The number of aliphatic imine (C=N–C) groups is 2. The Balaban J connectivity index is 0.000000192. The summed E-state index contributed by atoms with van der Waals surface area (Å²) in [5.41, 5.74) is 11.4. The largest absolute Gasteiger partial charge is 0.461 e. The molecule has 178 valence electrons. The van der Waals surface area contributed by atoms with Gasteiger partial charge in [0.05, 0.1) is 23.6 Å². The molecule has 2 aromatic rings. The standard InChI is InChI=1S/C11H9BrN2O4.C11H11BrN2O2/c1-6(15)18-5-8-2-7-4-13-11(12)9(7)3-10(8)14(16)17;1-6(15)16-5-8-2-7-4-14-11(12)9(7)3-10(8)13/h2-3H,4-5H2,1H3;2-3H,4-5,13H2,1H3. The van der Waals surface area contributed by atoms with Crippen molar-refractivity contribution in [3.05, 3.63) is 67.8 Å². The summed E-state index contributed by atoms with van der Waals surface area (Å²) in [5, 5.41) is 11.0. The second-order valence-corrected chi connectivity index (χ2v) is 8.88. The number of rotatable bonds is 5. The quantitative estimate of drug-likeness (QED) is 0.234. The van der Waals surface area contributed by atoms with Crippen LogP contribution in [0.25, 0.3) is 0 Å². The summed E-state index contributed by atoms with van der Waals surface area (Å²) in [6.45, 7) is 3.87. The molecule has 0 spiro atoms. The Morgan fingerprint density at radius 2 is 1.41 bits per heavy atom. The van der Waals surface area contributed by atoms with Crippen LogP contribution in [0.5, 0.6) is 0 Å². The van der Waals surface area contributed by atoms with Crippen LogP contribution in [0.15, 0.2) is 34.3 Å². The van der Waals surface area contributed by atoms with E-state index in [1.54, 1.807) is 6.07 Å². The molecule has 2 aromatic carbocycles. The Bertz CT molecular complexity index is 1240. The first kappa shape index (κ1) is 25.5. The van der Waals surface area contributed by atoms with Crippen molar-refractivity contribution in [1.29, 1.82) is 0 Å². The van der Waals surface area contributed by atoms with E-state index < -0.39 is 10.9 Å². The summed E-state index contributed by atoms with van der Waals surface area (Å²) >= 11 is 6.62. The highest BCUT2D eigenvalue weighted by Gasteiger charge is 2.23. The van der Waals surface area contributed by atoms with Crippen molar-refractivity contribution in [2.45, 2.75) is 40.2 Å². The number of anilines is 1. The molecule has 0 bridgehead atoms. The van der Waals surface area contributed by atoms with E-state index in [2.05, 4.69) is 41.8 Å². The first-order chi connectivity index (χ1) is 16.1. The van der Waals surface area contributed by atoms with Crippen LogP contribution in [0.4, 0.5) is 11.4 Å². The van der Waals surface area contributed by atoms with Crippen LogP contribution < -0.4 is 5.73 Å². The summed E-state index contributed by atoms with van der Waals surface area (Å²) in [4.78, 5) is 40.4. The van der Waals surface area contributed by atoms with Gasteiger partial charge in [0.1, 0.15) is 22.5 Å². The van der Waals surface area contributed by atoms with E-state index in [1.165, 1.54) is 19.9 Å². The summed E-state index contributed by atoms with van der Waals surface area (Å²) in [6.07, 6.45) is 0. The minimum absolute atomic E-state index is 0.0657. The number of nitrogens with two attached hydrogens (primary N) is 1. The first-order valence-corrected chi connectivity index (χ1v) is 11.5. The Hall–Kier alpha value is -3.12. The number of nitro groups is 1. The molecule has 0 atom stereocenters. The van der Waals surface area contributed by atoms with Gasteiger partial charge in [-0.05, 0) is 61.2 Å². The minimum atomic E-state index is -0.488. The number of nitrogen functional groups attached to an aromatic ring is 1. The molecule has 0 aromatic heterocycles. The Labute approximate surface area is 211 Å². The molecule has 0 unspecified atom stereocenters. The number of carbonyl (C=O) groups is 2. The second-order valence-electron chi connectivity index (χ2n) is 7.38. The maximum absolute atomic E-state index is 11.0. The van der Waals surface area contributed by atoms with Gasteiger partial charge in [0, 0.05) is 42.3 Å². The van der Waals surface area contributed by atoms with Crippen LogP contribution in [0.3, 0.4) is 0 Å². The first-order valence-electron chi connectivity index (χ1n) is 9.95. The minimum Gasteiger partial charge on any atom is -0.461 e. The van der Waals surface area contributed by atoms with Gasteiger partial charge in [0.25, 0.3) is 5.69 Å². The van der Waals surface area contributed by atoms with Crippen molar-refractivity contribution >= 4 is 64.4 Å². The van der Waals surface area contributed by atoms with Gasteiger partial charge in [-0.1, -0.05) is 0 Å². The van der Waals surface area contributed by atoms with E-state index in [4.69, 9.17) is 15.2 Å². The molecule has 12 heteroatoms. The number of halogens is 2. The third kappa shape index (κ3) is 6.06. The number of benzene rings is 2. The number of carbonyl (C=O) groups excluding carboxylic acids is 2. The van der Waals surface area contributed by atoms with E-state index in [-0.39, 0.29) is 24.9 Å². The topological polar surface area (TPSA) is 146 Å². The predicted molar refractivity (Wildman–Crippen MR) is 133 cm³/mol. The molecule has 2 aliphatic heterocycles. The summed E-state index contributed by atoms with van der Waals surface area (Å²) < 4.78 is 11.2. The van der Waals surface area contributed by atoms with Crippen LogP contribution in [0, 0.1) is 10.1 Å².